The fraction of sp³-hybridized carbons (Fsp3) is 0.316. The van der Waals surface area contributed by atoms with Gasteiger partial charge in [0.2, 0.25) is 10.0 Å². The van der Waals surface area contributed by atoms with Crippen LogP contribution < -0.4 is 14.8 Å². The first-order chi connectivity index (χ1) is 13.4. The second-order valence-corrected chi connectivity index (χ2v) is 8.49. The number of methoxy groups -OCH3 is 1. The SMILES string of the molecule is COc1ccc(NC(=O)c2ccc(S(=O)(=O)NC[C@H]3CCCO3)cc2)cc1Cl. The molecule has 2 aromatic carbocycles. The predicted octanol–water partition coefficient (Wildman–Crippen LogP) is 3.06. The second-order valence-electron chi connectivity index (χ2n) is 6.31. The Morgan fingerprint density at radius 3 is 2.61 bits per heavy atom. The van der Waals surface area contributed by atoms with Crippen LogP contribution in [0.25, 0.3) is 0 Å². The Hall–Kier alpha value is -2.13. The Bertz CT molecular complexity index is 941. The molecule has 2 N–H and O–H groups in total. The molecule has 7 nitrogen and oxygen atoms in total. The lowest BCUT2D eigenvalue weighted by Crippen LogP contribution is -2.31. The highest BCUT2D eigenvalue weighted by Crippen LogP contribution is 2.27. The van der Waals surface area contributed by atoms with Crippen molar-refractivity contribution >= 4 is 33.2 Å². The van der Waals surface area contributed by atoms with E-state index in [1.807, 2.05) is 0 Å². The van der Waals surface area contributed by atoms with Crippen LogP contribution in [0, 0.1) is 0 Å². The van der Waals surface area contributed by atoms with Crippen molar-refractivity contribution in [2.24, 2.45) is 0 Å². The van der Waals surface area contributed by atoms with Crippen molar-refractivity contribution < 1.29 is 22.7 Å². The van der Waals surface area contributed by atoms with Gasteiger partial charge >= 0.3 is 0 Å². The van der Waals surface area contributed by atoms with E-state index in [1.54, 1.807) is 18.2 Å². The minimum atomic E-state index is -3.66. The molecule has 0 spiro atoms. The molecule has 0 radical (unpaired) electrons. The zero-order valence-corrected chi connectivity index (χ0v) is 16.8. The first-order valence-corrected chi connectivity index (χ1v) is 10.6. The molecule has 0 aliphatic carbocycles. The van der Waals surface area contributed by atoms with Gasteiger partial charge in [-0.05, 0) is 55.3 Å². The fourth-order valence-corrected chi connectivity index (χ4v) is 4.15. The van der Waals surface area contributed by atoms with Gasteiger partial charge in [-0.2, -0.15) is 0 Å². The monoisotopic (exact) mass is 424 g/mol. The molecule has 1 aliphatic rings. The number of carbonyl (C=O) groups is 1. The van der Waals surface area contributed by atoms with Gasteiger partial charge in [0.05, 0.1) is 23.1 Å². The lowest BCUT2D eigenvalue weighted by Gasteiger charge is -2.12. The number of hydrogen-bond acceptors (Lipinski definition) is 5. The van der Waals surface area contributed by atoms with Crippen molar-refractivity contribution in [2.45, 2.75) is 23.8 Å². The van der Waals surface area contributed by atoms with E-state index in [4.69, 9.17) is 21.1 Å². The number of nitrogens with one attached hydrogen (secondary N) is 2. The van der Waals surface area contributed by atoms with Gasteiger partial charge in [-0.3, -0.25) is 4.79 Å². The molecule has 1 heterocycles. The van der Waals surface area contributed by atoms with Crippen LogP contribution in [0.2, 0.25) is 5.02 Å². The van der Waals surface area contributed by atoms with E-state index in [-0.39, 0.29) is 23.5 Å². The number of anilines is 1. The van der Waals surface area contributed by atoms with E-state index < -0.39 is 10.0 Å². The molecule has 1 fully saturated rings. The van der Waals surface area contributed by atoms with Crippen LogP contribution in [0.5, 0.6) is 5.75 Å². The van der Waals surface area contributed by atoms with Crippen molar-refractivity contribution in [1.82, 2.24) is 4.72 Å². The number of amides is 1. The van der Waals surface area contributed by atoms with Gasteiger partial charge in [0.1, 0.15) is 5.75 Å². The summed E-state index contributed by atoms with van der Waals surface area (Å²) in [5.74, 6) is 0.127. The third-order valence-corrected chi connectivity index (χ3v) is 6.10. The number of halogens is 1. The summed E-state index contributed by atoms with van der Waals surface area (Å²) in [6, 6.07) is 10.6. The summed E-state index contributed by atoms with van der Waals surface area (Å²) in [5.41, 5.74) is 0.829. The minimum Gasteiger partial charge on any atom is -0.495 e. The molecule has 0 unspecified atom stereocenters. The normalized spacial score (nSPS) is 16.7. The molecule has 150 valence electrons. The molecule has 1 atom stereocenters. The molecular weight excluding hydrogens is 404 g/mol. The van der Waals surface area contributed by atoms with E-state index in [9.17, 15) is 13.2 Å². The number of sulfonamides is 1. The van der Waals surface area contributed by atoms with E-state index in [1.165, 1.54) is 31.4 Å². The summed E-state index contributed by atoms with van der Waals surface area (Å²) in [6.45, 7) is 0.901. The molecule has 1 saturated heterocycles. The third kappa shape index (κ3) is 5.02. The lowest BCUT2D eigenvalue weighted by atomic mass is 10.2. The molecular formula is C19H21ClN2O5S. The zero-order chi connectivity index (χ0) is 20.1. The minimum absolute atomic E-state index is 0.0869. The van der Waals surface area contributed by atoms with E-state index in [2.05, 4.69) is 10.0 Å². The lowest BCUT2D eigenvalue weighted by molar-refractivity contribution is 0.102. The Kier molecular flexibility index (Phi) is 6.56. The molecule has 28 heavy (non-hydrogen) atoms. The predicted molar refractivity (Wildman–Crippen MR) is 107 cm³/mol. The van der Waals surface area contributed by atoms with Crippen LogP contribution in [0.1, 0.15) is 23.2 Å². The maximum absolute atomic E-state index is 12.4. The third-order valence-electron chi connectivity index (χ3n) is 4.36. The van der Waals surface area contributed by atoms with Crippen molar-refractivity contribution in [2.75, 3.05) is 25.6 Å². The number of ether oxygens (including phenoxy) is 2. The number of hydrogen-bond donors (Lipinski definition) is 2. The summed E-state index contributed by atoms with van der Waals surface area (Å²) >= 11 is 6.05. The zero-order valence-electron chi connectivity index (χ0n) is 15.3. The van der Waals surface area contributed by atoms with E-state index in [0.29, 0.717) is 28.6 Å². The molecule has 3 rings (SSSR count). The van der Waals surface area contributed by atoms with Crippen LogP contribution in [0.15, 0.2) is 47.4 Å². The fourth-order valence-electron chi connectivity index (χ4n) is 2.82. The van der Waals surface area contributed by atoms with E-state index in [0.717, 1.165) is 12.8 Å². The molecule has 2 aromatic rings. The summed E-state index contributed by atoms with van der Waals surface area (Å²) in [5, 5.41) is 3.08. The highest BCUT2D eigenvalue weighted by Gasteiger charge is 2.20. The van der Waals surface area contributed by atoms with Gasteiger partial charge in [0.25, 0.3) is 5.91 Å². The highest BCUT2D eigenvalue weighted by molar-refractivity contribution is 7.89. The Balaban J connectivity index is 1.64. The second kappa shape index (κ2) is 8.91. The summed E-state index contributed by atoms with van der Waals surface area (Å²) < 4.78 is 37.8. The van der Waals surface area contributed by atoms with Gasteiger partial charge in [-0.1, -0.05) is 11.6 Å². The molecule has 9 heteroatoms. The standard InChI is InChI=1S/C19H21ClN2O5S/c1-26-18-9-6-14(11-17(18)20)22-19(23)13-4-7-16(8-5-13)28(24,25)21-12-15-3-2-10-27-15/h4-9,11,15,21H,2-3,10,12H2,1H3,(H,22,23)/t15-/m1/s1. The van der Waals surface area contributed by atoms with Crippen LogP contribution >= 0.6 is 11.6 Å². The Labute approximate surface area is 169 Å². The molecule has 0 bridgehead atoms. The smallest absolute Gasteiger partial charge is 0.255 e. The average molecular weight is 425 g/mol. The van der Waals surface area contributed by atoms with Gasteiger partial charge in [-0.25, -0.2) is 13.1 Å². The quantitative estimate of drug-likeness (QED) is 0.712. The number of carbonyl (C=O) groups excluding carboxylic acids is 1. The largest absolute Gasteiger partial charge is 0.495 e. The first kappa shape index (κ1) is 20.6. The van der Waals surface area contributed by atoms with Gasteiger partial charge in [-0.15, -0.1) is 0 Å². The van der Waals surface area contributed by atoms with Crippen molar-refractivity contribution in [3.05, 3.63) is 53.1 Å². The topological polar surface area (TPSA) is 93.7 Å². The molecule has 0 aromatic heterocycles. The van der Waals surface area contributed by atoms with Crippen molar-refractivity contribution in [3.63, 3.8) is 0 Å². The summed E-state index contributed by atoms with van der Waals surface area (Å²) in [4.78, 5) is 12.5. The molecule has 1 aliphatic heterocycles. The highest BCUT2D eigenvalue weighted by atomic mass is 35.5. The van der Waals surface area contributed by atoms with Crippen LogP contribution in [-0.4, -0.2) is 40.7 Å². The van der Waals surface area contributed by atoms with Crippen LogP contribution in [0.3, 0.4) is 0 Å². The molecule has 1 amide bonds. The number of benzene rings is 2. The van der Waals surface area contributed by atoms with Gasteiger partial charge in [0.15, 0.2) is 0 Å². The van der Waals surface area contributed by atoms with Crippen LogP contribution in [-0.2, 0) is 14.8 Å². The summed E-state index contributed by atoms with van der Waals surface area (Å²) in [7, 11) is -2.15. The van der Waals surface area contributed by atoms with Gasteiger partial charge in [0, 0.05) is 24.4 Å². The van der Waals surface area contributed by atoms with Crippen molar-refractivity contribution in [1.29, 1.82) is 0 Å². The maximum Gasteiger partial charge on any atom is 0.255 e. The molecule has 0 saturated carbocycles. The Morgan fingerprint density at radius 1 is 1.25 bits per heavy atom. The summed E-state index contributed by atoms with van der Waals surface area (Å²) in [6.07, 6.45) is 1.70. The van der Waals surface area contributed by atoms with Crippen LogP contribution in [0.4, 0.5) is 5.69 Å². The van der Waals surface area contributed by atoms with E-state index >= 15 is 0 Å². The average Bonchev–Trinajstić information content (AvgIpc) is 3.20. The number of rotatable bonds is 7. The maximum atomic E-state index is 12.4. The van der Waals surface area contributed by atoms with Crippen molar-refractivity contribution in [3.8, 4) is 5.75 Å². The van der Waals surface area contributed by atoms with Gasteiger partial charge < -0.3 is 14.8 Å². The Morgan fingerprint density at radius 2 is 2.00 bits per heavy atom. The first-order valence-electron chi connectivity index (χ1n) is 8.75.